The quantitative estimate of drug-likeness (QED) is 0.560. The van der Waals surface area contributed by atoms with E-state index in [1.807, 2.05) is 37.3 Å². The van der Waals surface area contributed by atoms with Crippen molar-refractivity contribution < 1.29 is 24.5 Å². The molecule has 0 bridgehead atoms. The number of carboxylic acid groups (broad SMARTS) is 1. The number of aryl methyl sites for hydroxylation is 2. The molecule has 0 aliphatic carbocycles. The summed E-state index contributed by atoms with van der Waals surface area (Å²) >= 11 is 0. The molecule has 1 amide bonds. The number of ether oxygens (including phenoxy) is 1. The fourth-order valence-electron chi connectivity index (χ4n) is 3.57. The van der Waals surface area contributed by atoms with Crippen LogP contribution in [0.15, 0.2) is 36.4 Å². The van der Waals surface area contributed by atoms with Crippen LogP contribution < -0.4 is 15.4 Å². The number of hydrogen-bond donors (Lipinski definition) is 4. The highest BCUT2D eigenvalue weighted by molar-refractivity contribution is 5.94. The van der Waals surface area contributed by atoms with E-state index in [1.165, 1.54) is 0 Å². The average Bonchev–Trinajstić information content (AvgIpc) is 2.74. The van der Waals surface area contributed by atoms with Crippen LogP contribution in [0.3, 0.4) is 0 Å². The number of carbonyl (C=O) groups excluding carboxylic acids is 1. The van der Waals surface area contributed by atoms with Gasteiger partial charge in [0.05, 0.1) is 12.7 Å². The Labute approximate surface area is 177 Å². The van der Waals surface area contributed by atoms with E-state index in [1.54, 1.807) is 7.11 Å². The predicted octanol–water partition coefficient (Wildman–Crippen LogP) is 2.52. The Hall–Kier alpha value is -2.90. The molecule has 2 aromatic rings. The van der Waals surface area contributed by atoms with Crippen LogP contribution in [-0.4, -0.2) is 54.9 Å². The first-order valence-corrected chi connectivity index (χ1v) is 9.88. The van der Waals surface area contributed by atoms with Gasteiger partial charge < -0.3 is 25.6 Å². The van der Waals surface area contributed by atoms with Gasteiger partial charge in [0.15, 0.2) is 0 Å². The minimum absolute atomic E-state index is 0.164. The first kappa shape index (κ1) is 23.4. The standard InChI is InChI=1S/C22H28N2O3.CH2O2/c1-15-12-20(27-3)16(2)11-19(15)17-5-7-18(8-6-17)21(25)24-14-22(26)9-4-10-23-13-22;2-1-3/h5-8,11-12,23,26H,4,9-10,13-14H2,1-3H3,(H,24,25);1H,(H,2,3). The van der Waals surface area contributed by atoms with E-state index in [4.69, 9.17) is 14.6 Å². The summed E-state index contributed by atoms with van der Waals surface area (Å²) in [6.45, 7) is 5.52. The van der Waals surface area contributed by atoms with Gasteiger partial charge in [-0.1, -0.05) is 12.1 Å². The summed E-state index contributed by atoms with van der Waals surface area (Å²) in [5.41, 5.74) is 4.13. The molecule has 1 atom stereocenters. The maximum Gasteiger partial charge on any atom is 0.290 e. The van der Waals surface area contributed by atoms with E-state index in [0.717, 1.165) is 41.0 Å². The van der Waals surface area contributed by atoms with Crippen LogP contribution in [0.5, 0.6) is 5.75 Å². The Bertz CT molecular complexity index is 859. The molecule has 1 heterocycles. The number of hydrogen-bond acceptors (Lipinski definition) is 5. The minimum Gasteiger partial charge on any atom is -0.496 e. The van der Waals surface area contributed by atoms with Crippen molar-refractivity contribution in [2.75, 3.05) is 26.7 Å². The molecule has 1 unspecified atom stereocenters. The van der Waals surface area contributed by atoms with Gasteiger partial charge in [-0.05, 0) is 79.8 Å². The number of amides is 1. The Morgan fingerprint density at radius 3 is 2.47 bits per heavy atom. The maximum atomic E-state index is 12.4. The molecule has 30 heavy (non-hydrogen) atoms. The molecule has 7 nitrogen and oxygen atoms in total. The zero-order valence-electron chi connectivity index (χ0n) is 17.7. The van der Waals surface area contributed by atoms with E-state index in [0.29, 0.717) is 18.5 Å². The van der Waals surface area contributed by atoms with Gasteiger partial charge in [0, 0.05) is 18.7 Å². The fraction of sp³-hybridized carbons (Fsp3) is 0.391. The van der Waals surface area contributed by atoms with E-state index in [9.17, 15) is 9.90 Å². The third-order valence-corrected chi connectivity index (χ3v) is 5.23. The Morgan fingerprint density at radius 2 is 1.90 bits per heavy atom. The lowest BCUT2D eigenvalue weighted by atomic mass is 9.94. The molecule has 1 aliphatic heterocycles. The smallest absolute Gasteiger partial charge is 0.290 e. The fourth-order valence-corrected chi connectivity index (χ4v) is 3.57. The molecular formula is C23H30N2O5. The summed E-state index contributed by atoms with van der Waals surface area (Å²) in [6.07, 6.45) is 1.62. The highest BCUT2D eigenvalue weighted by Gasteiger charge is 2.29. The molecule has 0 radical (unpaired) electrons. The third kappa shape index (κ3) is 6.05. The van der Waals surface area contributed by atoms with Crippen molar-refractivity contribution in [3.05, 3.63) is 53.1 Å². The van der Waals surface area contributed by atoms with E-state index in [2.05, 4.69) is 23.6 Å². The molecular weight excluding hydrogens is 384 g/mol. The van der Waals surface area contributed by atoms with Gasteiger partial charge in [-0.15, -0.1) is 0 Å². The van der Waals surface area contributed by atoms with Gasteiger partial charge in [0.25, 0.3) is 12.4 Å². The number of rotatable bonds is 5. The maximum absolute atomic E-state index is 12.4. The van der Waals surface area contributed by atoms with E-state index in [-0.39, 0.29) is 18.9 Å². The van der Waals surface area contributed by atoms with Crippen molar-refractivity contribution in [2.45, 2.75) is 32.3 Å². The van der Waals surface area contributed by atoms with Crippen molar-refractivity contribution in [3.8, 4) is 16.9 Å². The van der Waals surface area contributed by atoms with Crippen LogP contribution in [0.2, 0.25) is 0 Å². The third-order valence-electron chi connectivity index (χ3n) is 5.23. The summed E-state index contributed by atoms with van der Waals surface area (Å²) < 4.78 is 5.37. The largest absolute Gasteiger partial charge is 0.496 e. The highest BCUT2D eigenvalue weighted by atomic mass is 16.5. The Morgan fingerprint density at radius 1 is 1.23 bits per heavy atom. The summed E-state index contributed by atoms with van der Waals surface area (Å²) in [4.78, 5) is 20.8. The van der Waals surface area contributed by atoms with Crippen LogP contribution in [-0.2, 0) is 4.79 Å². The minimum atomic E-state index is -0.856. The molecule has 1 fully saturated rings. The number of nitrogens with one attached hydrogen (secondary N) is 2. The van der Waals surface area contributed by atoms with Gasteiger partial charge in [-0.2, -0.15) is 0 Å². The number of β-amino-alcohol motifs (C(OH)–C–C–N with tert-alkyl or cyclic N) is 1. The molecule has 2 aromatic carbocycles. The molecule has 4 N–H and O–H groups in total. The molecule has 1 aliphatic rings. The van der Waals surface area contributed by atoms with Gasteiger partial charge in [-0.3, -0.25) is 9.59 Å². The van der Waals surface area contributed by atoms with E-state index < -0.39 is 5.60 Å². The highest BCUT2D eigenvalue weighted by Crippen LogP contribution is 2.30. The second-order valence-corrected chi connectivity index (χ2v) is 7.51. The predicted molar refractivity (Wildman–Crippen MR) is 116 cm³/mol. The lowest BCUT2D eigenvalue weighted by Gasteiger charge is -2.32. The normalized spacial score (nSPS) is 18.0. The van der Waals surface area contributed by atoms with Gasteiger partial charge >= 0.3 is 0 Å². The molecule has 162 valence electrons. The molecule has 0 saturated carbocycles. The van der Waals surface area contributed by atoms with Crippen molar-refractivity contribution in [1.82, 2.24) is 10.6 Å². The average molecular weight is 415 g/mol. The van der Waals surface area contributed by atoms with Crippen molar-refractivity contribution >= 4 is 12.4 Å². The monoisotopic (exact) mass is 414 g/mol. The number of piperidine rings is 1. The van der Waals surface area contributed by atoms with Crippen LogP contribution in [0, 0.1) is 13.8 Å². The van der Waals surface area contributed by atoms with Crippen molar-refractivity contribution in [1.29, 1.82) is 0 Å². The SMILES string of the molecule is COc1cc(C)c(-c2ccc(C(=O)NCC3(O)CCCNC3)cc2)cc1C.O=CO. The molecule has 0 aromatic heterocycles. The second kappa shape index (κ2) is 10.8. The van der Waals surface area contributed by atoms with Gasteiger partial charge in [-0.25, -0.2) is 0 Å². The molecule has 7 heteroatoms. The molecule has 3 rings (SSSR count). The van der Waals surface area contributed by atoms with E-state index >= 15 is 0 Å². The number of aliphatic hydroxyl groups is 1. The van der Waals surface area contributed by atoms with Crippen molar-refractivity contribution in [2.24, 2.45) is 0 Å². The van der Waals surface area contributed by atoms with Crippen LogP contribution in [0.1, 0.15) is 34.3 Å². The summed E-state index contributed by atoms with van der Waals surface area (Å²) in [5, 5.41) is 23.4. The van der Waals surface area contributed by atoms with Crippen LogP contribution in [0.4, 0.5) is 0 Å². The summed E-state index contributed by atoms with van der Waals surface area (Å²) in [6, 6.07) is 11.7. The van der Waals surface area contributed by atoms with Gasteiger partial charge in [0.2, 0.25) is 0 Å². The number of carbonyl (C=O) groups is 2. The summed E-state index contributed by atoms with van der Waals surface area (Å²) in [5.74, 6) is 0.713. The molecule has 0 spiro atoms. The van der Waals surface area contributed by atoms with Crippen LogP contribution in [0.25, 0.3) is 11.1 Å². The lowest BCUT2D eigenvalue weighted by Crippen LogP contribution is -2.52. The van der Waals surface area contributed by atoms with Crippen LogP contribution >= 0.6 is 0 Å². The number of benzene rings is 2. The molecule has 1 saturated heterocycles. The number of methoxy groups -OCH3 is 1. The topological polar surface area (TPSA) is 108 Å². The second-order valence-electron chi connectivity index (χ2n) is 7.51. The Balaban J connectivity index is 0.00000101. The zero-order chi connectivity index (χ0) is 22.1. The summed E-state index contributed by atoms with van der Waals surface area (Å²) in [7, 11) is 1.68. The first-order chi connectivity index (χ1) is 14.3. The zero-order valence-corrected chi connectivity index (χ0v) is 17.7. The lowest BCUT2D eigenvalue weighted by molar-refractivity contribution is -0.122. The van der Waals surface area contributed by atoms with Gasteiger partial charge in [0.1, 0.15) is 5.75 Å². The first-order valence-electron chi connectivity index (χ1n) is 9.88. The van der Waals surface area contributed by atoms with Crippen molar-refractivity contribution in [3.63, 3.8) is 0 Å². The Kier molecular flexibility index (Phi) is 8.38.